The Labute approximate surface area is 251 Å². The van der Waals surface area contributed by atoms with E-state index in [0.717, 1.165) is 28.7 Å². The predicted octanol–water partition coefficient (Wildman–Crippen LogP) is 6.20. The van der Waals surface area contributed by atoms with Gasteiger partial charge < -0.3 is 15.2 Å². The number of aryl methyl sites for hydroxylation is 2. The molecule has 1 aliphatic heterocycles. The molecule has 3 N–H and O–H groups in total. The van der Waals surface area contributed by atoms with E-state index in [-0.39, 0.29) is 34.7 Å². The molecule has 222 valence electrons. The standard InChI is InChI=1S/C32H29F2N9O/c1-17(4-5-20-13-22(33)30-21(28(20)34)12-18(2)39-30)29-27(32(44)43-10-3-11-43)31(38-16-37-29)40-26-15-24(41-42-26)19-6-7-23-25(14-19)36-9-8-35-23/h6-9,12-17,39H,3-5,10-11H2,1-2H3,(H2,37,38,40,41,42)/t17-/m1/s1. The van der Waals surface area contributed by atoms with Crippen molar-refractivity contribution in [2.45, 2.75) is 39.0 Å². The van der Waals surface area contributed by atoms with Crippen molar-refractivity contribution in [2.75, 3.05) is 18.4 Å². The van der Waals surface area contributed by atoms with Crippen LogP contribution in [0.4, 0.5) is 20.4 Å². The summed E-state index contributed by atoms with van der Waals surface area (Å²) in [4.78, 5) is 36.0. The Morgan fingerprint density at radius 1 is 1.05 bits per heavy atom. The normalized spacial score (nSPS) is 13.8. The van der Waals surface area contributed by atoms with Gasteiger partial charge in [0.15, 0.2) is 5.82 Å². The molecule has 2 aromatic carbocycles. The molecule has 12 heteroatoms. The molecule has 1 atom stereocenters. The Morgan fingerprint density at radius 3 is 2.66 bits per heavy atom. The summed E-state index contributed by atoms with van der Waals surface area (Å²) in [5, 5.41) is 10.9. The molecule has 1 saturated heterocycles. The molecule has 0 saturated carbocycles. The summed E-state index contributed by atoms with van der Waals surface area (Å²) in [6, 6.07) is 10.4. The summed E-state index contributed by atoms with van der Waals surface area (Å²) in [7, 11) is 0. The zero-order valence-corrected chi connectivity index (χ0v) is 24.2. The fourth-order valence-corrected chi connectivity index (χ4v) is 5.64. The highest BCUT2D eigenvalue weighted by atomic mass is 19.1. The van der Waals surface area contributed by atoms with Crippen molar-refractivity contribution < 1.29 is 13.6 Å². The van der Waals surface area contributed by atoms with Crippen LogP contribution < -0.4 is 5.32 Å². The van der Waals surface area contributed by atoms with Gasteiger partial charge in [-0.1, -0.05) is 13.0 Å². The van der Waals surface area contributed by atoms with Crippen LogP contribution in [0.25, 0.3) is 33.2 Å². The van der Waals surface area contributed by atoms with E-state index in [2.05, 4.69) is 40.4 Å². The Morgan fingerprint density at radius 2 is 1.86 bits per heavy atom. The SMILES string of the molecule is Cc1cc2c(F)c(CC[C@@H](C)c3ncnc(Nc4cc(-c5ccc6nccnc6c5)[nH]n4)c3C(=O)N3CCC3)cc(F)c2[nH]1. The number of fused-ring (bicyclic) bond motifs is 2. The van der Waals surface area contributed by atoms with E-state index < -0.39 is 11.6 Å². The number of likely N-dealkylation sites (tertiary alicyclic amines) is 1. The third-order valence-electron chi connectivity index (χ3n) is 8.16. The number of hydrogen-bond donors (Lipinski definition) is 3. The van der Waals surface area contributed by atoms with E-state index >= 15 is 4.39 Å². The molecule has 1 fully saturated rings. The summed E-state index contributed by atoms with van der Waals surface area (Å²) in [5.74, 6) is -0.545. The molecule has 44 heavy (non-hydrogen) atoms. The van der Waals surface area contributed by atoms with E-state index in [0.29, 0.717) is 48.1 Å². The Kier molecular flexibility index (Phi) is 6.96. The number of halogens is 2. The van der Waals surface area contributed by atoms with Gasteiger partial charge in [-0.25, -0.2) is 18.7 Å². The molecule has 1 aliphatic rings. The lowest BCUT2D eigenvalue weighted by Crippen LogP contribution is -2.43. The van der Waals surface area contributed by atoms with Crippen LogP contribution in [0.2, 0.25) is 0 Å². The minimum atomic E-state index is -0.491. The molecule has 0 unspecified atom stereocenters. The molecule has 7 rings (SSSR count). The molecule has 10 nitrogen and oxygen atoms in total. The maximum absolute atomic E-state index is 15.3. The van der Waals surface area contributed by atoms with Crippen molar-refractivity contribution in [3.8, 4) is 11.3 Å². The van der Waals surface area contributed by atoms with Crippen LogP contribution in [0.15, 0.2) is 55.1 Å². The summed E-state index contributed by atoms with van der Waals surface area (Å²) in [6.45, 7) is 5.00. The van der Waals surface area contributed by atoms with Crippen molar-refractivity contribution >= 4 is 39.5 Å². The minimum Gasteiger partial charge on any atom is -0.356 e. The maximum atomic E-state index is 15.3. The number of H-pyrrole nitrogens is 2. The lowest BCUT2D eigenvalue weighted by molar-refractivity contribution is 0.0650. The predicted molar refractivity (Wildman–Crippen MR) is 163 cm³/mol. The molecular weight excluding hydrogens is 564 g/mol. The Hall–Kier alpha value is -5.26. The molecule has 4 aromatic heterocycles. The number of aromatic nitrogens is 7. The topological polar surface area (TPSA) is 128 Å². The average molecular weight is 594 g/mol. The van der Waals surface area contributed by atoms with Crippen LogP contribution >= 0.6 is 0 Å². The monoisotopic (exact) mass is 593 g/mol. The first-order chi connectivity index (χ1) is 21.4. The summed E-state index contributed by atoms with van der Waals surface area (Å²) < 4.78 is 30.0. The van der Waals surface area contributed by atoms with Crippen molar-refractivity contribution in [1.82, 2.24) is 40.0 Å². The van der Waals surface area contributed by atoms with Gasteiger partial charge in [-0.3, -0.25) is 19.9 Å². The largest absolute Gasteiger partial charge is 0.356 e. The van der Waals surface area contributed by atoms with Gasteiger partial charge >= 0.3 is 0 Å². The first kappa shape index (κ1) is 27.6. The van der Waals surface area contributed by atoms with Gasteiger partial charge in [0, 0.05) is 48.2 Å². The first-order valence-electron chi connectivity index (χ1n) is 14.5. The van der Waals surface area contributed by atoms with E-state index in [1.54, 1.807) is 30.3 Å². The van der Waals surface area contributed by atoms with E-state index in [4.69, 9.17) is 0 Å². The van der Waals surface area contributed by atoms with E-state index in [1.165, 1.54) is 12.4 Å². The smallest absolute Gasteiger partial charge is 0.259 e. The first-order valence-corrected chi connectivity index (χ1v) is 14.5. The number of carbonyl (C=O) groups excluding carboxylic acids is 1. The number of hydrogen-bond acceptors (Lipinski definition) is 7. The van der Waals surface area contributed by atoms with Crippen molar-refractivity contribution in [3.05, 3.63) is 89.3 Å². The van der Waals surface area contributed by atoms with Crippen molar-refractivity contribution in [2.24, 2.45) is 0 Å². The second kappa shape index (κ2) is 11.1. The zero-order chi connectivity index (χ0) is 30.4. The number of benzene rings is 2. The number of carbonyl (C=O) groups is 1. The van der Waals surface area contributed by atoms with Gasteiger partial charge in [-0.05, 0) is 61.9 Å². The highest BCUT2D eigenvalue weighted by Gasteiger charge is 2.30. The minimum absolute atomic E-state index is 0.168. The van der Waals surface area contributed by atoms with Gasteiger partial charge in [0.2, 0.25) is 0 Å². The third-order valence-corrected chi connectivity index (χ3v) is 8.16. The number of nitrogens with one attached hydrogen (secondary N) is 3. The quantitative estimate of drug-likeness (QED) is 0.192. The lowest BCUT2D eigenvalue weighted by Gasteiger charge is -2.32. The molecule has 1 amide bonds. The fourth-order valence-electron chi connectivity index (χ4n) is 5.64. The molecule has 0 radical (unpaired) electrons. The fraction of sp³-hybridized carbons (Fsp3) is 0.250. The highest BCUT2D eigenvalue weighted by molar-refractivity contribution is 6.01. The van der Waals surface area contributed by atoms with E-state index in [9.17, 15) is 9.18 Å². The number of anilines is 2. The van der Waals surface area contributed by atoms with Crippen molar-refractivity contribution in [1.29, 1.82) is 0 Å². The van der Waals surface area contributed by atoms with E-state index in [1.807, 2.05) is 31.2 Å². The maximum Gasteiger partial charge on any atom is 0.259 e. The number of amides is 1. The number of rotatable bonds is 8. The average Bonchev–Trinajstić information content (AvgIpc) is 3.64. The Bertz CT molecular complexity index is 2030. The zero-order valence-electron chi connectivity index (χ0n) is 24.2. The van der Waals surface area contributed by atoms with Crippen LogP contribution in [0.1, 0.15) is 53.0 Å². The highest BCUT2D eigenvalue weighted by Crippen LogP contribution is 2.32. The Balaban J connectivity index is 1.17. The van der Waals surface area contributed by atoms with Gasteiger partial charge in [0.1, 0.15) is 29.3 Å². The van der Waals surface area contributed by atoms with Crippen molar-refractivity contribution in [3.63, 3.8) is 0 Å². The molecule has 6 aromatic rings. The van der Waals surface area contributed by atoms with Gasteiger partial charge in [0.25, 0.3) is 5.91 Å². The summed E-state index contributed by atoms with van der Waals surface area (Å²) in [5.41, 5.74) is 5.22. The molecule has 5 heterocycles. The van der Waals surface area contributed by atoms with Crippen LogP contribution in [-0.2, 0) is 6.42 Å². The van der Waals surface area contributed by atoms with Crippen LogP contribution in [0.3, 0.4) is 0 Å². The second-order valence-electron chi connectivity index (χ2n) is 11.2. The summed E-state index contributed by atoms with van der Waals surface area (Å²) >= 11 is 0. The lowest BCUT2D eigenvalue weighted by atomic mass is 9.93. The van der Waals surface area contributed by atoms with Crippen LogP contribution in [0.5, 0.6) is 0 Å². The number of aromatic amines is 2. The molecule has 0 aliphatic carbocycles. The van der Waals surface area contributed by atoms with Gasteiger partial charge in [-0.2, -0.15) is 5.10 Å². The summed E-state index contributed by atoms with van der Waals surface area (Å²) in [6.07, 6.45) is 6.35. The third kappa shape index (κ3) is 5.01. The van der Waals surface area contributed by atoms with Crippen LogP contribution in [-0.4, -0.2) is 59.0 Å². The second-order valence-corrected chi connectivity index (χ2v) is 11.2. The molecule has 0 spiro atoms. The van der Waals surface area contributed by atoms with Crippen LogP contribution in [0, 0.1) is 18.6 Å². The van der Waals surface area contributed by atoms with Gasteiger partial charge in [0.05, 0.1) is 27.9 Å². The molecule has 0 bridgehead atoms. The number of nitrogens with zero attached hydrogens (tertiary/aromatic N) is 6. The van der Waals surface area contributed by atoms with Gasteiger partial charge in [-0.15, -0.1) is 0 Å². The molecular formula is C32H29F2N9O.